The molecular formula is C16H27N5O2. The highest BCUT2D eigenvalue weighted by atomic mass is 16.5. The Labute approximate surface area is 137 Å². The normalized spacial score (nSPS) is 20.7. The lowest BCUT2D eigenvalue weighted by Crippen LogP contribution is -2.35. The average molecular weight is 321 g/mol. The van der Waals surface area contributed by atoms with Crippen molar-refractivity contribution in [2.24, 2.45) is 5.41 Å². The highest BCUT2D eigenvalue weighted by Crippen LogP contribution is 2.42. The highest BCUT2D eigenvalue weighted by molar-refractivity contribution is 5.94. The average Bonchev–Trinajstić information content (AvgIpc) is 3.24. The molecule has 1 aliphatic heterocycles. The number of nitrogens with zero attached hydrogens (tertiary/aromatic N) is 3. The first-order chi connectivity index (χ1) is 11.2. The molecule has 0 aromatic carbocycles. The van der Waals surface area contributed by atoms with E-state index in [4.69, 9.17) is 4.74 Å². The van der Waals surface area contributed by atoms with Gasteiger partial charge in [0, 0.05) is 26.8 Å². The van der Waals surface area contributed by atoms with Crippen LogP contribution in [0.3, 0.4) is 0 Å². The van der Waals surface area contributed by atoms with Crippen molar-refractivity contribution >= 4 is 17.8 Å². The highest BCUT2D eigenvalue weighted by Gasteiger charge is 2.41. The van der Waals surface area contributed by atoms with E-state index < -0.39 is 0 Å². The predicted molar refractivity (Wildman–Crippen MR) is 88.5 cm³/mol. The summed E-state index contributed by atoms with van der Waals surface area (Å²) in [7, 11) is 1.68. The van der Waals surface area contributed by atoms with Crippen LogP contribution in [0.25, 0.3) is 0 Å². The van der Waals surface area contributed by atoms with E-state index in [0.717, 1.165) is 45.2 Å². The number of rotatable bonds is 6. The molecule has 23 heavy (non-hydrogen) atoms. The molecule has 2 N–H and O–H groups in total. The van der Waals surface area contributed by atoms with E-state index in [2.05, 4.69) is 25.4 Å². The van der Waals surface area contributed by atoms with Crippen LogP contribution in [-0.2, 0) is 9.53 Å². The molecular weight excluding hydrogens is 294 g/mol. The van der Waals surface area contributed by atoms with Crippen molar-refractivity contribution in [2.45, 2.75) is 51.4 Å². The fourth-order valence-electron chi connectivity index (χ4n) is 3.72. The van der Waals surface area contributed by atoms with Crippen LogP contribution in [0.15, 0.2) is 0 Å². The summed E-state index contributed by atoms with van der Waals surface area (Å²) in [6, 6.07) is 0. The van der Waals surface area contributed by atoms with Crippen molar-refractivity contribution < 1.29 is 9.53 Å². The van der Waals surface area contributed by atoms with Gasteiger partial charge in [0.1, 0.15) is 0 Å². The van der Waals surface area contributed by atoms with Crippen LogP contribution < -0.4 is 10.2 Å². The summed E-state index contributed by atoms with van der Waals surface area (Å²) in [6.07, 6.45) is 8.45. The second-order valence-electron chi connectivity index (χ2n) is 6.72. The zero-order valence-corrected chi connectivity index (χ0v) is 13.9. The van der Waals surface area contributed by atoms with Crippen molar-refractivity contribution in [3.8, 4) is 0 Å². The molecule has 7 heteroatoms. The Morgan fingerprint density at radius 3 is 2.70 bits per heavy atom. The molecule has 2 aliphatic rings. The molecule has 0 spiro atoms. The fourth-order valence-corrected chi connectivity index (χ4v) is 3.72. The van der Waals surface area contributed by atoms with Crippen LogP contribution in [0.5, 0.6) is 0 Å². The summed E-state index contributed by atoms with van der Waals surface area (Å²) < 4.78 is 5.19. The maximum atomic E-state index is 12.8. The van der Waals surface area contributed by atoms with Gasteiger partial charge in [-0.2, -0.15) is 4.98 Å². The molecule has 2 fully saturated rings. The van der Waals surface area contributed by atoms with Gasteiger partial charge in [-0.3, -0.25) is 10.1 Å². The Bertz CT molecular complexity index is 518. The Kier molecular flexibility index (Phi) is 5.15. The van der Waals surface area contributed by atoms with Gasteiger partial charge in [0.15, 0.2) is 0 Å². The van der Waals surface area contributed by atoms with Gasteiger partial charge in [0.25, 0.3) is 0 Å². The Morgan fingerprint density at radius 1 is 1.26 bits per heavy atom. The van der Waals surface area contributed by atoms with Gasteiger partial charge in [0.05, 0.1) is 5.41 Å². The van der Waals surface area contributed by atoms with E-state index in [0.29, 0.717) is 18.5 Å². The number of aromatic nitrogens is 3. The molecule has 0 atom stereocenters. The second kappa shape index (κ2) is 7.29. The summed E-state index contributed by atoms with van der Waals surface area (Å²) in [5.74, 6) is 1.20. The van der Waals surface area contributed by atoms with E-state index in [1.165, 1.54) is 19.3 Å². The van der Waals surface area contributed by atoms with Gasteiger partial charge in [-0.1, -0.05) is 12.8 Å². The van der Waals surface area contributed by atoms with Gasteiger partial charge in [0.2, 0.25) is 17.8 Å². The standard InChI is InChI=1S/C16H27N5O2/c1-23-12-9-16(7-3-4-8-16)13(22)17-14-18-15(20-19-14)21-10-5-2-6-11-21/h2-12H2,1H3,(H2,17,18,19,20,22). The number of amides is 1. The number of nitrogens with one attached hydrogen (secondary N) is 2. The van der Waals surface area contributed by atoms with Crippen molar-refractivity contribution in [3.05, 3.63) is 0 Å². The van der Waals surface area contributed by atoms with Crippen LogP contribution in [0, 0.1) is 5.41 Å². The van der Waals surface area contributed by atoms with Crippen LogP contribution in [0.4, 0.5) is 11.9 Å². The van der Waals surface area contributed by atoms with Crippen molar-refractivity contribution in [1.29, 1.82) is 0 Å². The van der Waals surface area contributed by atoms with Crippen LogP contribution in [0.2, 0.25) is 0 Å². The number of hydrogen-bond donors (Lipinski definition) is 2. The smallest absolute Gasteiger partial charge is 0.246 e. The molecule has 1 saturated heterocycles. The summed E-state index contributed by atoms with van der Waals surface area (Å²) in [6.45, 7) is 2.59. The predicted octanol–water partition coefficient (Wildman–Crippen LogP) is 2.33. The van der Waals surface area contributed by atoms with Crippen molar-refractivity contribution in [1.82, 2.24) is 15.2 Å². The molecule has 3 rings (SSSR count). The lowest BCUT2D eigenvalue weighted by Gasteiger charge is -2.26. The molecule has 1 aliphatic carbocycles. The molecule has 0 bridgehead atoms. The van der Waals surface area contributed by atoms with E-state index in [9.17, 15) is 4.79 Å². The van der Waals surface area contributed by atoms with Crippen molar-refractivity contribution in [3.63, 3.8) is 0 Å². The molecule has 0 unspecified atom stereocenters. The van der Waals surface area contributed by atoms with Gasteiger partial charge in [-0.15, -0.1) is 5.10 Å². The van der Waals surface area contributed by atoms with Crippen LogP contribution in [-0.4, -0.2) is 47.9 Å². The zero-order chi connectivity index (χ0) is 16.1. The Balaban J connectivity index is 1.63. The van der Waals surface area contributed by atoms with E-state index in [-0.39, 0.29) is 11.3 Å². The Morgan fingerprint density at radius 2 is 2.00 bits per heavy atom. The van der Waals surface area contributed by atoms with E-state index in [1.807, 2.05) is 0 Å². The lowest BCUT2D eigenvalue weighted by atomic mass is 9.82. The number of piperidine rings is 1. The molecule has 1 amide bonds. The molecule has 0 radical (unpaired) electrons. The van der Waals surface area contributed by atoms with Gasteiger partial charge in [-0.25, -0.2) is 5.10 Å². The van der Waals surface area contributed by atoms with E-state index in [1.54, 1.807) is 7.11 Å². The number of H-pyrrole nitrogens is 1. The summed E-state index contributed by atoms with van der Waals surface area (Å²) >= 11 is 0. The number of aromatic amines is 1. The first-order valence-electron chi connectivity index (χ1n) is 8.71. The maximum Gasteiger partial charge on any atom is 0.246 e. The lowest BCUT2D eigenvalue weighted by molar-refractivity contribution is -0.126. The minimum absolute atomic E-state index is 0.0494. The first-order valence-corrected chi connectivity index (χ1v) is 8.71. The number of methoxy groups -OCH3 is 1. The molecule has 128 valence electrons. The largest absolute Gasteiger partial charge is 0.385 e. The fraction of sp³-hybridized carbons (Fsp3) is 0.812. The summed E-state index contributed by atoms with van der Waals surface area (Å²) in [5.41, 5.74) is -0.311. The molecule has 2 heterocycles. The first kappa shape index (κ1) is 16.2. The summed E-state index contributed by atoms with van der Waals surface area (Å²) in [5, 5.41) is 10.1. The zero-order valence-electron chi connectivity index (χ0n) is 13.9. The topological polar surface area (TPSA) is 83.1 Å². The molecule has 7 nitrogen and oxygen atoms in total. The minimum atomic E-state index is -0.311. The number of anilines is 2. The van der Waals surface area contributed by atoms with Gasteiger partial charge < -0.3 is 9.64 Å². The third kappa shape index (κ3) is 3.65. The third-order valence-electron chi connectivity index (χ3n) is 5.17. The third-order valence-corrected chi connectivity index (χ3v) is 5.17. The quantitative estimate of drug-likeness (QED) is 0.840. The number of carbonyl (C=O) groups excluding carboxylic acids is 1. The van der Waals surface area contributed by atoms with Gasteiger partial charge in [-0.05, 0) is 38.5 Å². The van der Waals surface area contributed by atoms with Crippen LogP contribution in [0.1, 0.15) is 51.4 Å². The summed E-state index contributed by atoms with van der Waals surface area (Å²) in [4.78, 5) is 19.4. The van der Waals surface area contributed by atoms with Crippen molar-refractivity contribution in [2.75, 3.05) is 37.0 Å². The molecule has 1 aromatic rings. The maximum absolute atomic E-state index is 12.8. The molecule has 1 aromatic heterocycles. The SMILES string of the molecule is COCCC1(C(=O)Nc2nc(N3CCCCC3)n[nH]2)CCCC1. The van der Waals surface area contributed by atoms with E-state index >= 15 is 0 Å². The monoisotopic (exact) mass is 321 g/mol. The van der Waals surface area contributed by atoms with Gasteiger partial charge >= 0.3 is 0 Å². The second-order valence-corrected chi connectivity index (χ2v) is 6.72. The Hall–Kier alpha value is -1.63. The number of hydrogen-bond acceptors (Lipinski definition) is 5. The molecule has 1 saturated carbocycles. The van der Waals surface area contributed by atoms with Crippen LogP contribution >= 0.6 is 0 Å². The minimum Gasteiger partial charge on any atom is -0.385 e. The number of carbonyl (C=O) groups is 1. The number of ether oxygens (including phenoxy) is 1.